The van der Waals surface area contributed by atoms with Crippen molar-refractivity contribution in [2.45, 2.75) is 79.3 Å². The van der Waals surface area contributed by atoms with Crippen molar-refractivity contribution in [3.05, 3.63) is 35.9 Å². The van der Waals surface area contributed by atoms with Crippen LogP contribution in [0.1, 0.15) is 66.4 Å². The lowest BCUT2D eigenvalue weighted by Crippen LogP contribution is -2.46. The molecule has 0 bridgehead atoms. The summed E-state index contributed by atoms with van der Waals surface area (Å²) in [6.45, 7) is 10.4. The third-order valence-corrected chi connectivity index (χ3v) is 6.49. The zero-order valence-corrected chi connectivity index (χ0v) is 21.8. The molecule has 0 heterocycles. The number of nitrogens with two attached hydrogens (primary N) is 1. The maximum atomic E-state index is 13.4. The lowest BCUT2D eigenvalue weighted by atomic mass is 9.79. The van der Waals surface area contributed by atoms with Gasteiger partial charge in [-0.25, -0.2) is 0 Å². The molecule has 194 valence electrons. The zero-order chi connectivity index (χ0) is 26.7. The predicted molar refractivity (Wildman–Crippen MR) is 135 cm³/mol. The van der Waals surface area contributed by atoms with Gasteiger partial charge in [0, 0.05) is 31.6 Å². The largest absolute Gasteiger partial charge is 0.368 e. The predicted octanol–water partition coefficient (Wildman–Crippen LogP) is 2.58. The number of rotatable bonds is 15. The van der Waals surface area contributed by atoms with E-state index < -0.39 is 35.7 Å². The van der Waals surface area contributed by atoms with Crippen LogP contribution in [0.25, 0.3) is 0 Å². The van der Waals surface area contributed by atoms with E-state index in [1.54, 1.807) is 0 Å². The maximum absolute atomic E-state index is 13.4. The molecule has 4 N–H and O–H groups in total. The van der Waals surface area contributed by atoms with Crippen LogP contribution in [0.2, 0.25) is 0 Å². The Bertz CT molecular complexity index is 884. The fourth-order valence-electron chi connectivity index (χ4n) is 4.01. The van der Waals surface area contributed by atoms with Crippen molar-refractivity contribution in [1.82, 2.24) is 10.6 Å². The highest BCUT2D eigenvalue weighted by Gasteiger charge is 2.34. The van der Waals surface area contributed by atoms with Crippen LogP contribution in [0.15, 0.2) is 30.3 Å². The molecule has 0 fully saturated rings. The lowest BCUT2D eigenvalue weighted by Gasteiger charge is -2.27. The summed E-state index contributed by atoms with van der Waals surface area (Å²) in [5, 5.41) is 5.33. The van der Waals surface area contributed by atoms with E-state index in [1.807, 2.05) is 58.0 Å². The first-order chi connectivity index (χ1) is 16.4. The van der Waals surface area contributed by atoms with E-state index in [4.69, 9.17) is 5.73 Å². The number of ketones is 2. The van der Waals surface area contributed by atoms with Gasteiger partial charge in [-0.15, -0.1) is 0 Å². The SMILES string of the molecule is CC[C@H](C)[C@H](NC(C)=O)C(=O)C[C@@H](C(=O)C[C@@H](Cc1ccccc1)C(=O)N[C@@H](C)C(N)=O)C(C)C. The molecule has 0 radical (unpaired) electrons. The van der Waals surface area contributed by atoms with Gasteiger partial charge in [0.2, 0.25) is 17.7 Å². The average molecular weight is 488 g/mol. The van der Waals surface area contributed by atoms with Gasteiger partial charge in [-0.3, -0.25) is 24.0 Å². The van der Waals surface area contributed by atoms with Crippen molar-refractivity contribution in [3.8, 4) is 0 Å². The molecule has 0 aliphatic rings. The van der Waals surface area contributed by atoms with Gasteiger partial charge in [0.1, 0.15) is 11.8 Å². The standard InChI is InChI=1S/C27H41N3O5/c1-7-17(4)25(30-19(6)31)24(33)15-22(16(2)3)23(32)14-21(13-20-11-9-8-10-12-20)27(35)29-18(5)26(28)34/h8-12,16-18,21-22,25H,7,13-15H2,1-6H3,(H2,28,34)(H,29,35)(H,30,31)/t17-,18-,21+,22+,25-/m0/s1. The number of primary amides is 1. The van der Waals surface area contributed by atoms with Crippen molar-refractivity contribution in [3.63, 3.8) is 0 Å². The first-order valence-corrected chi connectivity index (χ1v) is 12.3. The molecule has 8 heteroatoms. The zero-order valence-electron chi connectivity index (χ0n) is 21.8. The number of hydrogen-bond acceptors (Lipinski definition) is 5. The second kappa shape index (κ2) is 14.4. The topological polar surface area (TPSA) is 135 Å². The summed E-state index contributed by atoms with van der Waals surface area (Å²) in [5.74, 6) is -3.28. The normalized spacial score (nSPS) is 15.4. The second-order valence-corrected chi connectivity index (χ2v) is 9.77. The minimum atomic E-state index is -0.868. The minimum absolute atomic E-state index is 0.0108. The van der Waals surface area contributed by atoms with Crippen LogP contribution >= 0.6 is 0 Å². The maximum Gasteiger partial charge on any atom is 0.239 e. The Hall–Kier alpha value is -3.03. The van der Waals surface area contributed by atoms with Gasteiger partial charge in [0.05, 0.1) is 6.04 Å². The number of carbonyl (C=O) groups excluding carboxylic acids is 5. The molecule has 1 aromatic carbocycles. The fraction of sp³-hybridized carbons (Fsp3) is 0.593. The van der Waals surface area contributed by atoms with Crippen molar-refractivity contribution in [2.24, 2.45) is 29.4 Å². The van der Waals surface area contributed by atoms with E-state index in [2.05, 4.69) is 10.6 Å². The molecule has 0 spiro atoms. The monoisotopic (exact) mass is 487 g/mol. The Morgan fingerprint density at radius 1 is 0.886 bits per heavy atom. The van der Waals surface area contributed by atoms with E-state index in [0.717, 1.165) is 5.56 Å². The molecule has 0 unspecified atom stereocenters. The first-order valence-electron chi connectivity index (χ1n) is 12.3. The van der Waals surface area contributed by atoms with Crippen LogP contribution < -0.4 is 16.4 Å². The van der Waals surface area contributed by atoms with Gasteiger partial charge in [-0.2, -0.15) is 0 Å². The highest BCUT2D eigenvalue weighted by Crippen LogP contribution is 2.25. The van der Waals surface area contributed by atoms with E-state index in [1.165, 1.54) is 13.8 Å². The second-order valence-electron chi connectivity index (χ2n) is 9.77. The van der Waals surface area contributed by atoms with Gasteiger partial charge in [0.15, 0.2) is 5.78 Å². The Kier molecular flexibility index (Phi) is 12.3. The van der Waals surface area contributed by atoms with Gasteiger partial charge >= 0.3 is 0 Å². The summed E-state index contributed by atoms with van der Waals surface area (Å²) in [7, 11) is 0. The lowest BCUT2D eigenvalue weighted by molar-refractivity contribution is -0.135. The van der Waals surface area contributed by atoms with Crippen molar-refractivity contribution < 1.29 is 24.0 Å². The van der Waals surface area contributed by atoms with Crippen LogP contribution in [0, 0.1) is 23.7 Å². The molecule has 1 aromatic rings. The summed E-state index contributed by atoms with van der Waals surface area (Å²) in [5.41, 5.74) is 6.17. The van der Waals surface area contributed by atoms with Crippen LogP contribution in [0.5, 0.6) is 0 Å². The summed E-state index contributed by atoms with van der Waals surface area (Å²) in [6.07, 6.45) is 0.929. The number of carbonyl (C=O) groups is 5. The van der Waals surface area contributed by atoms with E-state index in [0.29, 0.717) is 12.8 Å². The summed E-state index contributed by atoms with van der Waals surface area (Å²) < 4.78 is 0. The average Bonchev–Trinajstić information content (AvgIpc) is 2.79. The van der Waals surface area contributed by atoms with Crippen LogP contribution in [-0.4, -0.2) is 41.4 Å². The van der Waals surface area contributed by atoms with Gasteiger partial charge in [0.25, 0.3) is 0 Å². The third-order valence-electron chi connectivity index (χ3n) is 6.49. The van der Waals surface area contributed by atoms with Crippen molar-refractivity contribution in [2.75, 3.05) is 0 Å². The number of benzene rings is 1. The molecular weight excluding hydrogens is 446 g/mol. The van der Waals surface area contributed by atoms with Crippen LogP contribution in [-0.2, 0) is 30.4 Å². The van der Waals surface area contributed by atoms with Gasteiger partial charge < -0.3 is 16.4 Å². The molecule has 0 aliphatic heterocycles. The Balaban J connectivity index is 3.10. The Morgan fingerprint density at radius 2 is 1.49 bits per heavy atom. The highest BCUT2D eigenvalue weighted by molar-refractivity contribution is 5.95. The first kappa shape index (κ1) is 30.0. The molecule has 8 nitrogen and oxygen atoms in total. The van der Waals surface area contributed by atoms with Gasteiger partial charge in [-0.1, -0.05) is 64.4 Å². The Morgan fingerprint density at radius 3 is 1.97 bits per heavy atom. The molecule has 0 aliphatic carbocycles. The summed E-state index contributed by atoms with van der Waals surface area (Å²) in [4.78, 5) is 62.6. The molecule has 5 atom stereocenters. The third kappa shape index (κ3) is 10.0. The van der Waals surface area contributed by atoms with E-state index in [-0.39, 0.29) is 42.2 Å². The molecule has 0 saturated heterocycles. The van der Waals surface area contributed by atoms with Crippen molar-refractivity contribution in [1.29, 1.82) is 0 Å². The quantitative estimate of drug-likeness (QED) is 0.349. The van der Waals surface area contributed by atoms with Crippen LogP contribution in [0.4, 0.5) is 0 Å². The highest BCUT2D eigenvalue weighted by atomic mass is 16.2. The van der Waals surface area contributed by atoms with Gasteiger partial charge in [-0.05, 0) is 30.7 Å². The molecular formula is C27H41N3O5. The van der Waals surface area contributed by atoms with Crippen LogP contribution in [0.3, 0.4) is 0 Å². The number of amides is 3. The molecule has 3 amide bonds. The molecule has 0 saturated carbocycles. The molecule has 0 aromatic heterocycles. The molecule has 1 rings (SSSR count). The van der Waals surface area contributed by atoms with E-state index in [9.17, 15) is 24.0 Å². The summed E-state index contributed by atoms with van der Waals surface area (Å²) in [6, 6.07) is 7.78. The minimum Gasteiger partial charge on any atom is -0.368 e. The summed E-state index contributed by atoms with van der Waals surface area (Å²) >= 11 is 0. The Labute approximate surface area is 208 Å². The number of Topliss-reactive ketones (excluding diaryl/α,β-unsaturated/α-hetero) is 2. The fourth-order valence-corrected chi connectivity index (χ4v) is 4.01. The number of hydrogen-bond donors (Lipinski definition) is 3. The van der Waals surface area contributed by atoms with Crippen molar-refractivity contribution >= 4 is 29.3 Å². The molecule has 35 heavy (non-hydrogen) atoms. The van der Waals surface area contributed by atoms with E-state index >= 15 is 0 Å². The number of nitrogens with one attached hydrogen (secondary N) is 2. The smallest absolute Gasteiger partial charge is 0.239 e.